The van der Waals surface area contributed by atoms with Crippen LogP contribution in [0.1, 0.15) is 18.4 Å². The number of carbonyl (C=O) groups is 1. The SMILES string of the molecule is Cc1ccccc1NC(=O)N1CCC2(CC1)COc1ccccc1S(=O)(=O)NCC(O)CN(C)C2. The van der Waals surface area contributed by atoms with Gasteiger partial charge < -0.3 is 25.0 Å². The number of benzene rings is 2. The van der Waals surface area contributed by atoms with Gasteiger partial charge in [-0.2, -0.15) is 0 Å². The monoisotopic (exact) mass is 502 g/mol. The van der Waals surface area contributed by atoms with Crippen molar-refractivity contribution in [3.8, 4) is 5.75 Å². The number of rotatable bonds is 1. The molecule has 2 aromatic rings. The number of aryl methyl sites for hydroxylation is 1. The van der Waals surface area contributed by atoms with E-state index < -0.39 is 16.1 Å². The molecule has 2 aliphatic heterocycles. The van der Waals surface area contributed by atoms with Gasteiger partial charge in [0.15, 0.2) is 0 Å². The molecule has 1 saturated heterocycles. The van der Waals surface area contributed by atoms with E-state index >= 15 is 0 Å². The number of carbonyl (C=O) groups excluding carboxylic acids is 1. The molecule has 190 valence electrons. The average molecular weight is 503 g/mol. The van der Waals surface area contributed by atoms with Crippen molar-refractivity contribution in [2.45, 2.75) is 30.8 Å². The number of aliphatic hydroxyl groups excluding tert-OH is 1. The lowest BCUT2D eigenvalue weighted by Crippen LogP contribution is -2.52. The molecule has 0 aromatic heterocycles. The predicted octanol–water partition coefficient (Wildman–Crippen LogP) is 2.27. The molecule has 9 nitrogen and oxygen atoms in total. The zero-order chi connectivity index (χ0) is 25.1. The molecule has 1 atom stereocenters. The second-order valence-electron chi connectivity index (χ2n) is 9.67. The van der Waals surface area contributed by atoms with E-state index in [1.54, 1.807) is 18.2 Å². The van der Waals surface area contributed by atoms with Crippen LogP contribution < -0.4 is 14.8 Å². The Balaban J connectivity index is 1.51. The lowest BCUT2D eigenvalue weighted by atomic mass is 9.78. The first-order chi connectivity index (χ1) is 16.7. The Labute approximate surface area is 207 Å². The molecular formula is C25H34N4O5S. The summed E-state index contributed by atoms with van der Waals surface area (Å²) in [6, 6.07) is 14.1. The molecule has 2 heterocycles. The molecule has 1 fully saturated rings. The quantitative estimate of drug-likeness (QED) is 0.552. The Morgan fingerprint density at radius 1 is 1.14 bits per heavy atom. The highest BCUT2D eigenvalue weighted by molar-refractivity contribution is 7.89. The van der Waals surface area contributed by atoms with Gasteiger partial charge in [0.25, 0.3) is 0 Å². The van der Waals surface area contributed by atoms with Crippen molar-refractivity contribution in [3.63, 3.8) is 0 Å². The molecule has 2 aliphatic rings. The lowest BCUT2D eigenvalue weighted by Gasteiger charge is -2.44. The van der Waals surface area contributed by atoms with E-state index in [1.165, 1.54) is 6.07 Å². The third kappa shape index (κ3) is 6.13. The van der Waals surface area contributed by atoms with E-state index in [1.807, 2.05) is 48.0 Å². The van der Waals surface area contributed by atoms with Crippen LogP contribution in [0, 0.1) is 12.3 Å². The molecule has 1 spiro atoms. The van der Waals surface area contributed by atoms with Crippen LogP contribution in [0.3, 0.4) is 0 Å². The summed E-state index contributed by atoms with van der Waals surface area (Å²) < 4.78 is 34.3. The number of piperidine rings is 1. The number of urea groups is 1. The second kappa shape index (κ2) is 10.5. The van der Waals surface area contributed by atoms with Crippen molar-refractivity contribution in [2.24, 2.45) is 5.41 Å². The van der Waals surface area contributed by atoms with Crippen molar-refractivity contribution in [3.05, 3.63) is 54.1 Å². The summed E-state index contributed by atoms with van der Waals surface area (Å²) >= 11 is 0. The second-order valence-corrected chi connectivity index (χ2v) is 11.4. The molecule has 10 heteroatoms. The fraction of sp³-hybridized carbons (Fsp3) is 0.480. The Morgan fingerprint density at radius 3 is 2.57 bits per heavy atom. The first-order valence-corrected chi connectivity index (χ1v) is 13.4. The van der Waals surface area contributed by atoms with Gasteiger partial charge in [-0.05, 0) is 50.6 Å². The molecule has 35 heavy (non-hydrogen) atoms. The normalized spacial score (nSPS) is 22.8. The zero-order valence-electron chi connectivity index (χ0n) is 20.2. The number of likely N-dealkylation sites (N-methyl/N-ethyl adjacent to an activating group) is 1. The van der Waals surface area contributed by atoms with E-state index in [9.17, 15) is 18.3 Å². The van der Waals surface area contributed by atoms with E-state index in [0.29, 0.717) is 45.6 Å². The summed E-state index contributed by atoms with van der Waals surface area (Å²) in [4.78, 5) is 16.8. The Morgan fingerprint density at radius 2 is 1.83 bits per heavy atom. The molecule has 0 radical (unpaired) electrons. The van der Waals surface area contributed by atoms with E-state index in [-0.39, 0.29) is 28.6 Å². The van der Waals surface area contributed by atoms with Crippen LogP contribution in [-0.2, 0) is 10.0 Å². The minimum absolute atomic E-state index is 0.0614. The number of nitrogens with zero attached hydrogens (tertiary/aromatic N) is 2. The average Bonchev–Trinajstić information content (AvgIpc) is 2.83. The van der Waals surface area contributed by atoms with Crippen LogP contribution in [-0.4, -0.2) is 81.8 Å². The van der Waals surface area contributed by atoms with Crippen LogP contribution in [0.2, 0.25) is 0 Å². The van der Waals surface area contributed by atoms with Gasteiger partial charge in [0.05, 0.1) is 12.7 Å². The van der Waals surface area contributed by atoms with Crippen molar-refractivity contribution in [1.82, 2.24) is 14.5 Å². The fourth-order valence-electron chi connectivity index (χ4n) is 4.81. The van der Waals surface area contributed by atoms with Gasteiger partial charge in [-0.25, -0.2) is 17.9 Å². The smallest absolute Gasteiger partial charge is 0.321 e. The minimum Gasteiger partial charge on any atom is -0.492 e. The van der Waals surface area contributed by atoms with Gasteiger partial charge in [0.2, 0.25) is 10.0 Å². The first kappa shape index (κ1) is 25.4. The maximum absolute atomic E-state index is 12.9. The topological polar surface area (TPSA) is 111 Å². The highest BCUT2D eigenvalue weighted by atomic mass is 32.2. The molecule has 3 N–H and O–H groups in total. The Hall–Kier alpha value is -2.66. The number of likely N-dealkylation sites (tertiary alicyclic amines) is 1. The lowest BCUT2D eigenvalue weighted by molar-refractivity contribution is 0.0256. The maximum atomic E-state index is 12.9. The number of amides is 2. The number of aliphatic hydroxyl groups is 1. The number of hydrogen-bond donors (Lipinski definition) is 3. The molecule has 0 aliphatic carbocycles. The molecule has 0 bridgehead atoms. The van der Waals surface area contributed by atoms with Crippen LogP contribution in [0.15, 0.2) is 53.4 Å². The summed E-state index contributed by atoms with van der Waals surface area (Å²) in [7, 11) is -1.92. The standard InChI is InChI=1S/C25H34N4O5S/c1-19-7-3-4-8-21(19)27-24(31)29-13-11-25(12-14-29)17-28(2)16-20(30)15-26-35(32,33)23-10-6-5-9-22(23)34-18-25/h3-10,20,26,30H,11-18H2,1-2H3,(H,27,31). The van der Waals surface area contributed by atoms with Gasteiger partial charge in [0.1, 0.15) is 10.6 Å². The van der Waals surface area contributed by atoms with E-state index in [0.717, 1.165) is 11.3 Å². The largest absolute Gasteiger partial charge is 0.492 e. The maximum Gasteiger partial charge on any atom is 0.321 e. The van der Waals surface area contributed by atoms with Crippen LogP contribution in [0.4, 0.5) is 10.5 Å². The van der Waals surface area contributed by atoms with Gasteiger partial charge >= 0.3 is 6.03 Å². The van der Waals surface area contributed by atoms with Crippen molar-refractivity contribution in [1.29, 1.82) is 0 Å². The molecule has 2 aromatic carbocycles. The molecule has 4 rings (SSSR count). The number of β-amino-alcohol motifs (C(OH)–C–C–N with tert-alkyl or cyclic N) is 1. The van der Waals surface area contributed by atoms with Crippen molar-refractivity contribution < 1.29 is 23.1 Å². The fourth-order valence-corrected chi connectivity index (χ4v) is 6.02. The number of para-hydroxylation sites is 2. The predicted molar refractivity (Wildman–Crippen MR) is 134 cm³/mol. The minimum atomic E-state index is -3.83. The van der Waals surface area contributed by atoms with Gasteiger partial charge in [0, 0.05) is 43.8 Å². The highest BCUT2D eigenvalue weighted by Gasteiger charge is 2.39. The van der Waals surface area contributed by atoms with Crippen LogP contribution in [0.5, 0.6) is 5.75 Å². The first-order valence-electron chi connectivity index (χ1n) is 11.9. The number of hydrogen-bond acceptors (Lipinski definition) is 6. The third-order valence-electron chi connectivity index (χ3n) is 6.81. The molecular weight excluding hydrogens is 468 g/mol. The van der Waals surface area contributed by atoms with Crippen molar-refractivity contribution >= 4 is 21.7 Å². The summed E-state index contributed by atoms with van der Waals surface area (Å²) in [5, 5.41) is 13.4. The molecule has 2 amide bonds. The molecule has 1 unspecified atom stereocenters. The number of fused-ring (bicyclic) bond motifs is 1. The summed E-state index contributed by atoms with van der Waals surface area (Å²) in [6.07, 6.45) is 0.545. The van der Waals surface area contributed by atoms with Gasteiger partial charge in [-0.15, -0.1) is 0 Å². The molecule has 0 saturated carbocycles. The summed E-state index contributed by atoms with van der Waals surface area (Å²) in [5.41, 5.74) is 1.51. The van der Waals surface area contributed by atoms with E-state index in [4.69, 9.17) is 4.74 Å². The number of ether oxygens (including phenoxy) is 1. The number of anilines is 1. The van der Waals surface area contributed by atoms with Gasteiger partial charge in [-0.3, -0.25) is 0 Å². The number of nitrogens with one attached hydrogen (secondary N) is 2. The Kier molecular flexibility index (Phi) is 7.65. The number of sulfonamides is 1. The van der Waals surface area contributed by atoms with E-state index in [2.05, 4.69) is 10.0 Å². The third-order valence-corrected chi connectivity index (χ3v) is 8.27. The summed E-state index contributed by atoms with van der Waals surface area (Å²) in [5.74, 6) is 0.289. The summed E-state index contributed by atoms with van der Waals surface area (Å²) in [6.45, 7) is 4.28. The zero-order valence-corrected chi connectivity index (χ0v) is 21.1. The van der Waals surface area contributed by atoms with Crippen LogP contribution in [0.25, 0.3) is 0 Å². The van der Waals surface area contributed by atoms with Crippen LogP contribution >= 0.6 is 0 Å². The van der Waals surface area contributed by atoms with Crippen molar-refractivity contribution in [2.75, 3.05) is 51.7 Å². The van der Waals surface area contributed by atoms with Gasteiger partial charge in [-0.1, -0.05) is 30.3 Å². The Bertz CT molecular complexity index is 1150. The highest BCUT2D eigenvalue weighted by Crippen LogP contribution is 2.35.